The summed E-state index contributed by atoms with van der Waals surface area (Å²) >= 11 is 5.87. The predicted octanol–water partition coefficient (Wildman–Crippen LogP) is 2.93. The highest BCUT2D eigenvalue weighted by atomic mass is 35.5. The molecule has 1 rings (SSSR count). The van der Waals surface area contributed by atoms with E-state index >= 15 is 0 Å². The molecule has 1 atom stereocenters. The van der Waals surface area contributed by atoms with Gasteiger partial charge in [0.15, 0.2) is 0 Å². The number of nitro groups is 1. The summed E-state index contributed by atoms with van der Waals surface area (Å²) in [5.41, 5.74) is 0.372. The van der Waals surface area contributed by atoms with Crippen LogP contribution in [0.3, 0.4) is 0 Å². The summed E-state index contributed by atoms with van der Waals surface area (Å²) < 4.78 is 0. The topological polar surface area (TPSA) is 83.7 Å². The largest absolute Gasteiger partial charge is 0.480 e. The fourth-order valence-corrected chi connectivity index (χ4v) is 2.07. The van der Waals surface area contributed by atoms with E-state index in [1.165, 1.54) is 18.2 Å². The lowest BCUT2D eigenvalue weighted by atomic mass is 10.1. The van der Waals surface area contributed by atoms with Crippen molar-refractivity contribution in [2.45, 2.75) is 32.9 Å². The van der Waals surface area contributed by atoms with E-state index < -0.39 is 10.9 Å². The molecule has 1 aromatic rings. The van der Waals surface area contributed by atoms with Gasteiger partial charge in [-0.1, -0.05) is 18.5 Å². The number of carbonyl (C=O) groups is 1. The lowest BCUT2D eigenvalue weighted by Crippen LogP contribution is -2.36. The van der Waals surface area contributed by atoms with E-state index in [-0.39, 0.29) is 24.8 Å². The van der Waals surface area contributed by atoms with Crippen LogP contribution in [-0.2, 0) is 11.3 Å². The summed E-state index contributed by atoms with van der Waals surface area (Å²) in [7, 11) is 0. The monoisotopic (exact) mass is 300 g/mol. The summed E-state index contributed by atoms with van der Waals surface area (Å²) in [5.74, 6) is -0.963. The number of carboxylic acid groups (broad SMARTS) is 1. The predicted molar refractivity (Wildman–Crippen MR) is 75.9 cm³/mol. The van der Waals surface area contributed by atoms with E-state index in [1.54, 1.807) is 4.90 Å². The Bertz CT molecular complexity index is 507. The highest BCUT2D eigenvalue weighted by molar-refractivity contribution is 6.30. The summed E-state index contributed by atoms with van der Waals surface area (Å²) in [5, 5.41) is 20.3. The van der Waals surface area contributed by atoms with Crippen LogP contribution in [-0.4, -0.2) is 33.5 Å². The van der Waals surface area contributed by atoms with E-state index in [9.17, 15) is 14.9 Å². The number of carboxylic acids is 1. The highest BCUT2D eigenvalue weighted by Crippen LogP contribution is 2.25. The maximum absolute atomic E-state index is 11.0. The van der Waals surface area contributed by atoms with Crippen LogP contribution < -0.4 is 0 Å². The molecule has 0 aromatic heterocycles. The molecule has 7 heteroatoms. The second kappa shape index (κ2) is 7.21. The Kier molecular flexibility index (Phi) is 5.91. The maximum atomic E-state index is 11.0. The number of hydrogen-bond donors (Lipinski definition) is 1. The lowest BCUT2D eigenvalue weighted by molar-refractivity contribution is -0.385. The highest BCUT2D eigenvalue weighted by Gasteiger charge is 2.21. The zero-order valence-corrected chi connectivity index (χ0v) is 12.1. The molecule has 6 nitrogen and oxygen atoms in total. The van der Waals surface area contributed by atoms with Crippen LogP contribution in [0, 0.1) is 10.1 Å². The van der Waals surface area contributed by atoms with Crippen LogP contribution in [0.5, 0.6) is 0 Å². The van der Waals surface area contributed by atoms with E-state index in [1.807, 2.05) is 13.8 Å². The third-order valence-corrected chi connectivity index (χ3v) is 3.40. The molecule has 0 saturated heterocycles. The molecule has 0 heterocycles. The Morgan fingerprint density at radius 2 is 2.20 bits per heavy atom. The van der Waals surface area contributed by atoms with E-state index in [2.05, 4.69) is 0 Å². The lowest BCUT2D eigenvalue weighted by Gasteiger charge is -2.26. The maximum Gasteiger partial charge on any atom is 0.317 e. The average Bonchev–Trinajstić information content (AvgIpc) is 2.36. The second-order valence-electron chi connectivity index (χ2n) is 4.59. The molecular formula is C13H17ClN2O4. The van der Waals surface area contributed by atoms with Gasteiger partial charge in [0.25, 0.3) is 5.69 Å². The van der Waals surface area contributed by atoms with Gasteiger partial charge in [0, 0.05) is 29.2 Å². The van der Waals surface area contributed by atoms with Crippen molar-refractivity contribution in [2.24, 2.45) is 0 Å². The van der Waals surface area contributed by atoms with E-state index in [0.29, 0.717) is 10.6 Å². The van der Waals surface area contributed by atoms with E-state index in [0.717, 1.165) is 6.42 Å². The van der Waals surface area contributed by atoms with Gasteiger partial charge in [-0.05, 0) is 25.5 Å². The van der Waals surface area contributed by atoms with Gasteiger partial charge in [0.2, 0.25) is 0 Å². The molecule has 1 N–H and O–H groups in total. The molecule has 0 amide bonds. The Morgan fingerprint density at radius 1 is 1.55 bits per heavy atom. The van der Waals surface area contributed by atoms with Crippen LogP contribution in [0.1, 0.15) is 25.8 Å². The summed E-state index contributed by atoms with van der Waals surface area (Å²) in [6.07, 6.45) is 0.752. The SMILES string of the molecule is CCC(C)N(CC(=O)O)Cc1cc(Cl)ccc1[N+](=O)[O-]. The molecule has 110 valence electrons. The van der Waals surface area contributed by atoms with Crippen molar-refractivity contribution in [3.8, 4) is 0 Å². The Hall–Kier alpha value is -1.66. The number of rotatable bonds is 7. The third kappa shape index (κ3) is 4.47. The van der Waals surface area contributed by atoms with Gasteiger partial charge < -0.3 is 5.11 Å². The third-order valence-electron chi connectivity index (χ3n) is 3.16. The first-order valence-corrected chi connectivity index (χ1v) is 6.61. The molecule has 0 fully saturated rings. The van der Waals surface area contributed by atoms with Gasteiger partial charge in [-0.2, -0.15) is 0 Å². The van der Waals surface area contributed by atoms with Crippen molar-refractivity contribution in [1.82, 2.24) is 4.90 Å². The zero-order valence-electron chi connectivity index (χ0n) is 11.4. The van der Waals surface area contributed by atoms with Crippen LogP contribution in [0.15, 0.2) is 18.2 Å². The molecule has 0 aliphatic carbocycles. The molecule has 1 unspecified atom stereocenters. The van der Waals surface area contributed by atoms with Gasteiger partial charge in [0.1, 0.15) is 0 Å². The Labute approximate surface area is 122 Å². The number of halogens is 1. The average molecular weight is 301 g/mol. The zero-order chi connectivity index (χ0) is 15.3. The molecule has 0 saturated carbocycles. The van der Waals surface area contributed by atoms with Crippen LogP contribution in [0.2, 0.25) is 5.02 Å². The molecular weight excluding hydrogens is 284 g/mol. The van der Waals surface area contributed by atoms with Crippen LogP contribution >= 0.6 is 11.6 Å². The van der Waals surface area contributed by atoms with Gasteiger partial charge >= 0.3 is 5.97 Å². The van der Waals surface area contributed by atoms with Crippen LogP contribution in [0.25, 0.3) is 0 Å². The van der Waals surface area contributed by atoms with Crippen molar-refractivity contribution < 1.29 is 14.8 Å². The van der Waals surface area contributed by atoms with Crippen molar-refractivity contribution >= 4 is 23.3 Å². The van der Waals surface area contributed by atoms with Gasteiger partial charge in [-0.15, -0.1) is 0 Å². The summed E-state index contributed by atoms with van der Waals surface area (Å²) in [6.45, 7) is 3.84. The number of nitro benzene ring substituents is 1. The van der Waals surface area contributed by atoms with Crippen molar-refractivity contribution in [1.29, 1.82) is 0 Å². The fraction of sp³-hybridized carbons (Fsp3) is 0.462. The molecule has 0 radical (unpaired) electrons. The number of aliphatic carboxylic acids is 1. The van der Waals surface area contributed by atoms with Crippen molar-refractivity contribution in [3.63, 3.8) is 0 Å². The smallest absolute Gasteiger partial charge is 0.317 e. The molecule has 0 aliphatic heterocycles. The first kappa shape index (κ1) is 16.4. The molecule has 0 spiro atoms. The first-order valence-electron chi connectivity index (χ1n) is 6.23. The standard InChI is InChI=1S/C13H17ClN2O4/c1-3-9(2)15(8-13(17)18)7-10-6-11(14)4-5-12(10)16(19)20/h4-6,9H,3,7-8H2,1-2H3,(H,17,18). The minimum atomic E-state index is -0.963. The van der Waals surface area contributed by atoms with Crippen molar-refractivity contribution in [3.05, 3.63) is 38.9 Å². The molecule has 20 heavy (non-hydrogen) atoms. The second-order valence-corrected chi connectivity index (χ2v) is 5.02. The van der Waals surface area contributed by atoms with Gasteiger partial charge in [-0.3, -0.25) is 19.8 Å². The number of hydrogen-bond acceptors (Lipinski definition) is 4. The van der Waals surface area contributed by atoms with Crippen LogP contribution in [0.4, 0.5) is 5.69 Å². The van der Waals surface area contributed by atoms with Gasteiger partial charge in [-0.25, -0.2) is 0 Å². The summed E-state index contributed by atoms with van der Waals surface area (Å²) in [6, 6.07) is 4.31. The van der Waals surface area contributed by atoms with E-state index in [4.69, 9.17) is 16.7 Å². The first-order chi connectivity index (χ1) is 9.35. The Morgan fingerprint density at radius 3 is 2.70 bits per heavy atom. The Balaban J connectivity index is 3.06. The van der Waals surface area contributed by atoms with Gasteiger partial charge in [0.05, 0.1) is 11.5 Å². The minimum Gasteiger partial charge on any atom is -0.480 e. The normalized spacial score (nSPS) is 12.4. The molecule has 0 bridgehead atoms. The number of nitrogens with zero attached hydrogens (tertiary/aromatic N) is 2. The number of benzene rings is 1. The molecule has 1 aromatic carbocycles. The quantitative estimate of drug-likeness (QED) is 0.618. The fourth-order valence-electron chi connectivity index (χ4n) is 1.88. The van der Waals surface area contributed by atoms with Crippen molar-refractivity contribution in [2.75, 3.05) is 6.54 Å². The molecule has 0 aliphatic rings. The summed E-state index contributed by atoms with van der Waals surface area (Å²) in [4.78, 5) is 23.1. The minimum absolute atomic E-state index is 0.00434.